The Morgan fingerprint density at radius 3 is 2.50 bits per heavy atom. The molecule has 1 aliphatic rings. The van der Waals surface area contributed by atoms with Crippen LogP contribution in [0.4, 0.5) is 5.69 Å². The van der Waals surface area contributed by atoms with E-state index in [-0.39, 0.29) is 28.9 Å². The molecule has 0 fully saturated rings. The van der Waals surface area contributed by atoms with E-state index in [1.54, 1.807) is 17.0 Å². The van der Waals surface area contributed by atoms with Gasteiger partial charge in [0.1, 0.15) is 11.5 Å². The normalized spacial score (nSPS) is 13.6. The van der Waals surface area contributed by atoms with Crippen LogP contribution in [0, 0.1) is 0 Å². The molecule has 170 valence electrons. The lowest BCUT2D eigenvalue weighted by Crippen LogP contribution is -2.26. The molecule has 7 heteroatoms. The number of hydrogen-bond acceptors (Lipinski definition) is 5. The van der Waals surface area contributed by atoms with Gasteiger partial charge in [-0.05, 0) is 37.2 Å². The van der Waals surface area contributed by atoms with Gasteiger partial charge in [0.05, 0.1) is 5.56 Å². The van der Waals surface area contributed by atoms with E-state index in [4.69, 9.17) is 0 Å². The van der Waals surface area contributed by atoms with E-state index in [0.717, 1.165) is 11.1 Å². The predicted molar refractivity (Wildman–Crippen MR) is 125 cm³/mol. The maximum absolute atomic E-state index is 13.2. The summed E-state index contributed by atoms with van der Waals surface area (Å²) in [6.07, 6.45) is 3.29. The van der Waals surface area contributed by atoms with Crippen LogP contribution < -0.4 is 5.32 Å². The first-order valence-corrected chi connectivity index (χ1v) is 10.6. The van der Waals surface area contributed by atoms with Gasteiger partial charge < -0.3 is 25.3 Å². The van der Waals surface area contributed by atoms with E-state index in [9.17, 15) is 19.8 Å². The maximum atomic E-state index is 13.2. The molecule has 0 spiro atoms. The van der Waals surface area contributed by atoms with E-state index in [1.807, 2.05) is 58.0 Å². The molecule has 0 radical (unpaired) electrons. The number of nitrogens with one attached hydrogen (secondary N) is 1. The Balaban J connectivity index is 1.81. The Hall–Kier alpha value is -3.32. The Bertz CT molecular complexity index is 1070. The van der Waals surface area contributed by atoms with Crippen LogP contribution in [-0.2, 0) is 23.3 Å². The molecule has 0 bridgehead atoms. The van der Waals surface area contributed by atoms with Gasteiger partial charge in [-0.15, -0.1) is 0 Å². The number of rotatable bonds is 5. The minimum absolute atomic E-state index is 0.0384. The SMILES string of the molecule is CN(C)C/C=C/C(=O)Nc1cccc2c1CN(C(=O)c1cc(C(C)(C)C)c(O)cc1O)C2. The number of carbonyl (C=O) groups excluding carboxylic acids is 2. The van der Waals surface area contributed by atoms with Crippen molar-refractivity contribution in [3.63, 3.8) is 0 Å². The summed E-state index contributed by atoms with van der Waals surface area (Å²) >= 11 is 0. The Morgan fingerprint density at radius 1 is 1.12 bits per heavy atom. The molecule has 3 N–H and O–H groups in total. The second-order valence-corrected chi connectivity index (χ2v) is 9.39. The van der Waals surface area contributed by atoms with Gasteiger partial charge in [0, 0.05) is 48.6 Å². The molecule has 3 rings (SSSR count). The molecular weight excluding hydrogens is 406 g/mol. The molecule has 0 saturated carbocycles. The summed E-state index contributed by atoms with van der Waals surface area (Å²) in [5, 5.41) is 23.5. The van der Waals surface area contributed by atoms with Crippen molar-refractivity contribution in [1.29, 1.82) is 0 Å². The number of amides is 2. The first-order valence-electron chi connectivity index (χ1n) is 10.6. The molecule has 1 aliphatic heterocycles. The molecule has 0 aromatic heterocycles. The summed E-state index contributed by atoms with van der Waals surface area (Å²) in [4.78, 5) is 29.1. The lowest BCUT2D eigenvalue weighted by atomic mass is 9.85. The summed E-state index contributed by atoms with van der Waals surface area (Å²) in [7, 11) is 3.85. The maximum Gasteiger partial charge on any atom is 0.258 e. The molecule has 2 aromatic carbocycles. The number of anilines is 1. The van der Waals surface area contributed by atoms with Crippen molar-refractivity contribution in [2.45, 2.75) is 39.3 Å². The van der Waals surface area contributed by atoms with Crippen molar-refractivity contribution < 1.29 is 19.8 Å². The van der Waals surface area contributed by atoms with Crippen LogP contribution in [0.15, 0.2) is 42.5 Å². The lowest BCUT2D eigenvalue weighted by molar-refractivity contribution is -0.111. The number of carbonyl (C=O) groups is 2. The average Bonchev–Trinajstić information content (AvgIpc) is 3.11. The molecule has 0 atom stereocenters. The second kappa shape index (κ2) is 9.04. The fraction of sp³-hybridized carbons (Fsp3) is 0.360. The zero-order valence-corrected chi connectivity index (χ0v) is 19.3. The molecule has 32 heavy (non-hydrogen) atoms. The highest BCUT2D eigenvalue weighted by Gasteiger charge is 2.30. The summed E-state index contributed by atoms with van der Waals surface area (Å²) in [6, 6.07) is 8.39. The van der Waals surface area contributed by atoms with Crippen LogP contribution in [0.2, 0.25) is 0 Å². The summed E-state index contributed by atoms with van der Waals surface area (Å²) in [6.45, 7) is 7.15. The monoisotopic (exact) mass is 437 g/mol. The first kappa shape index (κ1) is 23.3. The van der Waals surface area contributed by atoms with E-state index < -0.39 is 5.41 Å². The van der Waals surface area contributed by atoms with Crippen LogP contribution in [0.3, 0.4) is 0 Å². The second-order valence-electron chi connectivity index (χ2n) is 9.39. The minimum atomic E-state index is -0.391. The molecule has 2 amide bonds. The highest BCUT2D eigenvalue weighted by Crippen LogP contribution is 2.37. The quantitative estimate of drug-likeness (QED) is 0.622. The van der Waals surface area contributed by atoms with Crippen LogP contribution >= 0.6 is 0 Å². The third-order valence-corrected chi connectivity index (χ3v) is 5.42. The van der Waals surface area contributed by atoms with E-state index in [0.29, 0.717) is 30.9 Å². The van der Waals surface area contributed by atoms with E-state index >= 15 is 0 Å². The van der Waals surface area contributed by atoms with Gasteiger partial charge >= 0.3 is 0 Å². The molecule has 2 aromatic rings. The zero-order chi connectivity index (χ0) is 23.6. The zero-order valence-electron chi connectivity index (χ0n) is 19.3. The third kappa shape index (κ3) is 5.11. The van der Waals surface area contributed by atoms with Crippen molar-refractivity contribution in [2.24, 2.45) is 0 Å². The summed E-state index contributed by atoms with van der Waals surface area (Å²) in [5.74, 6) is -0.844. The highest BCUT2D eigenvalue weighted by molar-refractivity contribution is 6.01. The molecule has 1 heterocycles. The van der Waals surface area contributed by atoms with Gasteiger partial charge in [0.2, 0.25) is 5.91 Å². The average molecular weight is 438 g/mol. The number of nitrogens with zero attached hydrogens (tertiary/aromatic N) is 2. The van der Waals surface area contributed by atoms with Crippen LogP contribution in [0.1, 0.15) is 47.8 Å². The van der Waals surface area contributed by atoms with Crippen molar-refractivity contribution in [3.8, 4) is 11.5 Å². The van der Waals surface area contributed by atoms with Gasteiger partial charge in [-0.3, -0.25) is 9.59 Å². The van der Waals surface area contributed by atoms with E-state index in [2.05, 4.69) is 5.32 Å². The number of likely N-dealkylation sites (N-methyl/N-ethyl adjacent to an activating group) is 1. The number of aromatic hydroxyl groups is 2. The first-order chi connectivity index (χ1) is 15.0. The van der Waals surface area contributed by atoms with Gasteiger partial charge in [0.25, 0.3) is 5.91 Å². The van der Waals surface area contributed by atoms with Crippen molar-refractivity contribution in [3.05, 3.63) is 64.7 Å². The standard InChI is InChI=1S/C25H31N3O4/c1-25(2,3)19-12-17(21(29)13-22(19)30)24(32)28-14-16-8-6-9-20(18(16)15-28)26-23(31)10-7-11-27(4)5/h6-10,12-13,29-30H,11,14-15H2,1-5H3,(H,26,31)/b10-7+. The highest BCUT2D eigenvalue weighted by atomic mass is 16.3. The van der Waals surface area contributed by atoms with Gasteiger partial charge in [0.15, 0.2) is 0 Å². The van der Waals surface area contributed by atoms with E-state index in [1.165, 1.54) is 12.1 Å². The summed E-state index contributed by atoms with van der Waals surface area (Å²) < 4.78 is 0. The predicted octanol–water partition coefficient (Wildman–Crippen LogP) is 3.61. The Kier molecular flexibility index (Phi) is 6.60. The minimum Gasteiger partial charge on any atom is -0.508 e. The summed E-state index contributed by atoms with van der Waals surface area (Å²) in [5.41, 5.74) is 2.85. The topological polar surface area (TPSA) is 93.1 Å². The van der Waals surface area contributed by atoms with Crippen molar-refractivity contribution in [2.75, 3.05) is 26.0 Å². The van der Waals surface area contributed by atoms with Crippen LogP contribution in [0.25, 0.3) is 0 Å². The largest absolute Gasteiger partial charge is 0.508 e. The number of phenols is 2. The smallest absolute Gasteiger partial charge is 0.258 e. The number of hydrogen-bond donors (Lipinski definition) is 3. The van der Waals surface area contributed by atoms with Gasteiger partial charge in [-0.1, -0.05) is 39.0 Å². The van der Waals surface area contributed by atoms with Crippen LogP contribution in [-0.4, -0.2) is 52.5 Å². The van der Waals surface area contributed by atoms with Gasteiger partial charge in [-0.2, -0.15) is 0 Å². The third-order valence-electron chi connectivity index (χ3n) is 5.42. The molecule has 0 aliphatic carbocycles. The van der Waals surface area contributed by atoms with Gasteiger partial charge in [-0.25, -0.2) is 0 Å². The Morgan fingerprint density at radius 2 is 1.84 bits per heavy atom. The number of fused-ring (bicyclic) bond motifs is 1. The van der Waals surface area contributed by atoms with Crippen molar-refractivity contribution >= 4 is 17.5 Å². The molecule has 0 unspecified atom stereocenters. The number of phenolic OH excluding ortho intramolecular Hbond substituents is 2. The molecule has 7 nitrogen and oxygen atoms in total. The number of benzene rings is 2. The fourth-order valence-electron chi connectivity index (χ4n) is 3.75. The molecular formula is C25H31N3O4. The van der Waals surface area contributed by atoms with Crippen LogP contribution in [0.5, 0.6) is 11.5 Å². The van der Waals surface area contributed by atoms with Crippen molar-refractivity contribution in [1.82, 2.24) is 9.80 Å². The molecule has 0 saturated heterocycles. The fourth-order valence-corrected chi connectivity index (χ4v) is 3.75. The lowest BCUT2D eigenvalue weighted by Gasteiger charge is -2.23. The Labute approximate surface area is 189 Å².